The number of hydrogen-bond acceptors (Lipinski definition) is 4. The van der Waals surface area contributed by atoms with E-state index in [2.05, 4.69) is 23.7 Å². The Balaban J connectivity index is 2.16. The van der Waals surface area contributed by atoms with Crippen LogP contribution in [0.2, 0.25) is 0 Å². The lowest BCUT2D eigenvalue weighted by Gasteiger charge is -2.32. The van der Waals surface area contributed by atoms with E-state index in [1.54, 1.807) is 6.92 Å². The molecular formula is C14H26N2O2. The minimum atomic E-state index is -0.296. The van der Waals surface area contributed by atoms with Crippen molar-refractivity contribution >= 4 is 5.97 Å². The quantitative estimate of drug-likeness (QED) is 0.553. The molecule has 0 saturated carbocycles. The molecular weight excluding hydrogens is 228 g/mol. The monoisotopic (exact) mass is 254 g/mol. The van der Waals surface area contributed by atoms with Crippen LogP contribution in [-0.4, -0.2) is 49.7 Å². The lowest BCUT2D eigenvalue weighted by atomic mass is 10.1. The van der Waals surface area contributed by atoms with E-state index in [1.807, 2.05) is 0 Å². The summed E-state index contributed by atoms with van der Waals surface area (Å²) in [6.07, 6.45) is 3.97. The molecule has 1 aliphatic rings. The van der Waals surface area contributed by atoms with E-state index >= 15 is 0 Å². The van der Waals surface area contributed by atoms with Crippen LogP contribution in [0.4, 0.5) is 0 Å². The van der Waals surface area contributed by atoms with Gasteiger partial charge in [0.1, 0.15) is 0 Å². The number of carbonyl (C=O) groups excluding carboxylic acids is 1. The average molecular weight is 254 g/mol. The van der Waals surface area contributed by atoms with Gasteiger partial charge in [-0.3, -0.25) is 4.90 Å². The van der Waals surface area contributed by atoms with Gasteiger partial charge in [0.2, 0.25) is 0 Å². The summed E-state index contributed by atoms with van der Waals surface area (Å²) in [5, 5.41) is 3.28. The van der Waals surface area contributed by atoms with Crippen molar-refractivity contribution in [1.29, 1.82) is 0 Å². The van der Waals surface area contributed by atoms with E-state index in [-0.39, 0.29) is 5.97 Å². The van der Waals surface area contributed by atoms with Gasteiger partial charge in [0.25, 0.3) is 0 Å². The van der Waals surface area contributed by atoms with Gasteiger partial charge in [-0.1, -0.05) is 13.0 Å². The van der Waals surface area contributed by atoms with Gasteiger partial charge in [-0.15, -0.1) is 0 Å². The number of carbonyl (C=O) groups is 1. The van der Waals surface area contributed by atoms with Crippen molar-refractivity contribution in [2.24, 2.45) is 0 Å². The van der Waals surface area contributed by atoms with Crippen molar-refractivity contribution in [3.05, 3.63) is 12.2 Å². The molecule has 1 N–H and O–H groups in total. The number of hydrogen-bond donors (Lipinski definition) is 1. The van der Waals surface area contributed by atoms with E-state index in [0.717, 1.165) is 6.54 Å². The van der Waals surface area contributed by atoms with Gasteiger partial charge >= 0.3 is 5.97 Å². The van der Waals surface area contributed by atoms with Crippen molar-refractivity contribution in [3.8, 4) is 0 Å². The Labute approximate surface area is 110 Å². The number of nitrogens with zero attached hydrogens (tertiary/aromatic N) is 1. The largest absolute Gasteiger partial charge is 0.463 e. The fourth-order valence-corrected chi connectivity index (χ4v) is 2.23. The molecule has 0 spiro atoms. The zero-order chi connectivity index (χ0) is 13.4. The number of nitrogens with one attached hydrogen (secondary N) is 1. The topological polar surface area (TPSA) is 41.6 Å². The third-order valence-corrected chi connectivity index (χ3v) is 3.36. The summed E-state index contributed by atoms with van der Waals surface area (Å²) in [6, 6.07) is 0.514. The molecule has 18 heavy (non-hydrogen) atoms. The molecule has 1 rings (SSSR count). The SMILES string of the molecule is C=C(CNCC(C)N1CCCCC1)C(=O)OCC. The molecule has 1 unspecified atom stereocenters. The number of piperidine rings is 1. The highest BCUT2D eigenvalue weighted by Gasteiger charge is 2.16. The summed E-state index contributed by atoms with van der Waals surface area (Å²) in [6.45, 7) is 12.0. The van der Waals surface area contributed by atoms with Gasteiger partial charge in [0, 0.05) is 24.7 Å². The molecule has 104 valence electrons. The first kappa shape index (κ1) is 15.2. The van der Waals surface area contributed by atoms with E-state index < -0.39 is 0 Å². The standard InChI is InChI=1S/C14H26N2O2/c1-4-18-14(17)12(2)10-15-11-13(3)16-8-6-5-7-9-16/h13,15H,2,4-11H2,1,3H3. The van der Waals surface area contributed by atoms with Gasteiger partial charge in [-0.25, -0.2) is 4.79 Å². The zero-order valence-corrected chi connectivity index (χ0v) is 11.7. The van der Waals surface area contributed by atoms with Crippen LogP contribution in [0, 0.1) is 0 Å². The predicted molar refractivity (Wildman–Crippen MR) is 73.5 cm³/mol. The van der Waals surface area contributed by atoms with Crippen LogP contribution in [0.25, 0.3) is 0 Å². The first-order valence-electron chi connectivity index (χ1n) is 6.94. The fourth-order valence-electron chi connectivity index (χ4n) is 2.23. The minimum Gasteiger partial charge on any atom is -0.463 e. The van der Waals surface area contributed by atoms with E-state index in [9.17, 15) is 4.79 Å². The number of ether oxygens (including phenoxy) is 1. The Morgan fingerprint density at radius 2 is 2.06 bits per heavy atom. The third kappa shape index (κ3) is 5.19. The lowest BCUT2D eigenvalue weighted by Crippen LogP contribution is -2.43. The molecule has 4 nitrogen and oxygen atoms in total. The Hall–Kier alpha value is -0.870. The molecule has 1 heterocycles. The highest BCUT2D eigenvalue weighted by molar-refractivity contribution is 5.88. The molecule has 1 atom stereocenters. The van der Waals surface area contributed by atoms with Crippen molar-refractivity contribution in [2.45, 2.75) is 39.2 Å². The lowest BCUT2D eigenvalue weighted by molar-refractivity contribution is -0.138. The highest BCUT2D eigenvalue weighted by atomic mass is 16.5. The summed E-state index contributed by atoms with van der Waals surface area (Å²) in [7, 11) is 0. The Morgan fingerprint density at radius 3 is 2.67 bits per heavy atom. The van der Waals surface area contributed by atoms with Crippen LogP contribution in [-0.2, 0) is 9.53 Å². The third-order valence-electron chi connectivity index (χ3n) is 3.36. The van der Waals surface area contributed by atoms with E-state index in [4.69, 9.17) is 4.74 Å². The molecule has 1 saturated heterocycles. The summed E-state index contributed by atoms with van der Waals surface area (Å²) in [5.41, 5.74) is 0.502. The second-order valence-electron chi connectivity index (χ2n) is 4.90. The molecule has 1 fully saturated rings. The zero-order valence-electron chi connectivity index (χ0n) is 11.7. The van der Waals surface area contributed by atoms with Gasteiger partial charge in [0.15, 0.2) is 0 Å². The summed E-state index contributed by atoms with van der Waals surface area (Å²) in [5.74, 6) is -0.296. The highest BCUT2D eigenvalue weighted by Crippen LogP contribution is 2.11. The minimum absolute atomic E-state index is 0.296. The van der Waals surface area contributed by atoms with Crippen LogP contribution in [0.5, 0.6) is 0 Å². The molecule has 0 aromatic rings. The summed E-state index contributed by atoms with van der Waals surface area (Å²) >= 11 is 0. The molecule has 0 amide bonds. The number of likely N-dealkylation sites (tertiary alicyclic amines) is 1. The van der Waals surface area contributed by atoms with Gasteiger partial charge in [0.05, 0.1) is 6.61 Å². The Morgan fingerprint density at radius 1 is 1.39 bits per heavy atom. The number of esters is 1. The van der Waals surface area contributed by atoms with Crippen LogP contribution in [0.1, 0.15) is 33.1 Å². The van der Waals surface area contributed by atoms with Crippen LogP contribution >= 0.6 is 0 Å². The van der Waals surface area contributed by atoms with E-state index in [1.165, 1.54) is 32.4 Å². The van der Waals surface area contributed by atoms with Crippen molar-refractivity contribution in [3.63, 3.8) is 0 Å². The smallest absolute Gasteiger partial charge is 0.334 e. The number of rotatable bonds is 7. The van der Waals surface area contributed by atoms with Gasteiger partial charge < -0.3 is 10.1 Å². The fraction of sp³-hybridized carbons (Fsp3) is 0.786. The average Bonchev–Trinajstić information content (AvgIpc) is 2.39. The second-order valence-corrected chi connectivity index (χ2v) is 4.90. The summed E-state index contributed by atoms with van der Waals surface area (Å²) < 4.78 is 4.89. The van der Waals surface area contributed by atoms with E-state index in [0.29, 0.717) is 24.8 Å². The first-order valence-corrected chi connectivity index (χ1v) is 6.94. The van der Waals surface area contributed by atoms with Crippen molar-refractivity contribution in [1.82, 2.24) is 10.2 Å². The second kappa shape index (κ2) is 8.27. The van der Waals surface area contributed by atoms with Crippen molar-refractivity contribution in [2.75, 3.05) is 32.8 Å². The first-order chi connectivity index (χ1) is 8.65. The normalized spacial score (nSPS) is 18.3. The molecule has 0 radical (unpaired) electrons. The molecule has 4 heteroatoms. The van der Waals surface area contributed by atoms with Crippen molar-refractivity contribution < 1.29 is 9.53 Å². The predicted octanol–water partition coefficient (Wildman–Crippen LogP) is 1.57. The molecule has 0 aliphatic carbocycles. The Bertz CT molecular complexity index is 273. The van der Waals surface area contributed by atoms with Gasteiger partial charge in [-0.2, -0.15) is 0 Å². The van der Waals surface area contributed by atoms with Gasteiger partial charge in [-0.05, 0) is 39.8 Å². The van der Waals surface area contributed by atoms with Crippen LogP contribution in [0.15, 0.2) is 12.2 Å². The molecule has 1 aliphatic heterocycles. The Kier molecular flexibility index (Phi) is 6.98. The molecule has 0 aromatic carbocycles. The summed E-state index contributed by atoms with van der Waals surface area (Å²) in [4.78, 5) is 13.9. The maximum absolute atomic E-state index is 11.3. The molecule has 0 aromatic heterocycles. The van der Waals surface area contributed by atoms with Crippen LogP contribution < -0.4 is 5.32 Å². The maximum Gasteiger partial charge on any atom is 0.334 e. The molecule has 0 bridgehead atoms. The maximum atomic E-state index is 11.3. The van der Waals surface area contributed by atoms with Crippen LogP contribution in [0.3, 0.4) is 0 Å².